The van der Waals surface area contributed by atoms with Crippen molar-refractivity contribution in [1.29, 1.82) is 0 Å². The van der Waals surface area contributed by atoms with E-state index in [9.17, 15) is 4.21 Å². The number of ether oxygens (including phenoxy) is 1. The number of fused-ring (bicyclic) bond motifs is 1. The summed E-state index contributed by atoms with van der Waals surface area (Å²) in [5.74, 6) is 2.00. The fourth-order valence-electron chi connectivity index (χ4n) is 4.38. The Morgan fingerprint density at radius 1 is 1.32 bits per heavy atom. The highest BCUT2D eigenvalue weighted by Crippen LogP contribution is 2.54. The topological polar surface area (TPSA) is 67.7 Å². The van der Waals surface area contributed by atoms with Crippen molar-refractivity contribution in [2.75, 3.05) is 37.9 Å². The lowest BCUT2D eigenvalue weighted by Gasteiger charge is -2.60. The van der Waals surface area contributed by atoms with Gasteiger partial charge in [0.15, 0.2) is 0 Å². The normalized spacial score (nSPS) is 20.5. The molecule has 0 amide bonds. The van der Waals surface area contributed by atoms with Crippen molar-refractivity contribution in [1.82, 2.24) is 9.97 Å². The molecule has 0 radical (unpaired) electrons. The summed E-state index contributed by atoms with van der Waals surface area (Å²) in [6.07, 6.45) is 7.14. The Morgan fingerprint density at radius 3 is 2.80 bits per heavy atom. The van der Waals surface area contributed by atoms with Gasteiger partial charge in [0, 0.05) is 49.0 Å². The van der Waals surface area contributed by atoms with Crippen LogP contribution in [0.1, 0.15) is 19.3 Å². The molecule has 1 aliphatic carbocycles. The lowest BCUT2D eigenvalue weighted by molar-refractivity contribution is 0.0226. The van der Waals surface area contributed by atoms with Crippen LogP contribution in [-0.4, -0.2) is 43.0 Å². The van der Waals surface area contributed by atoms with E-state index in [1.54, 1.807) is 20.4 Å². The van der Waals surface area contributed by atoms with E-state index in [0.717, 1.165) is 30.4 Å². The van der Waals surface area contributed by atoms with Gasteiger partial charge in [-0.1, -0.05) is 12.2 Å². The van der Waals surface area contributed by atoms with Crippen molar-refractivity contribution in [3.05, 3.63) is 24.5 Å². The lowest BCUT2D eigenvalue weighted by atomic mass is 9.57. The third-order valence-electron chi connectivity index (χ3n) is 5.54. The van der Waals surface area contributed by atoms with Crippen molar-refractivity contribution in [3.63, 3.8) is 0 Å². The minimum atomic E-state index is -0.990. The van der Waals surface area contributed by atoms with Crippen molar-refractivity contribution in [2.24, 2.45) is 15.7 Å². The molecular weight excluding hydrogens is 336 g/mol. The molecule has 0 aromatic carbocycles. The summed E-state index contributed by atoms with van der Waals surface area (Å²) in [5.41, 5.74) is 2.49. The van der Waals surface area contributed by atoms with Gasteiger partial charge in [-0.25, -0.2) is 4.98 Å². The molecule has 0 unspecified atom stereocenters. The minimum absolute atomic E-state index is 0.461. The molecule has 6 nitrogen and oxygen atoms in total. The average molecular weight is 359 g/mol. The Labute approximate surface area is 149 Å². The van der Waals surface area contributed by atoms with Crippen LogP contribution in [0.3, 0.4) is 0 Å². The molecule has 1 saturated heterocycles. The molecule has 2 aliphatic rings. The summed E-state index contributed by atoms with van der Waals surface area (Å²) in [6.45, 7) is 2.18. The van der Waals surface area contributed by atoms with Crippen LogP contribution in [0.15, 0.2) is 28.9 Å². The zero-order chi connectivity index (χ0) is 17.4. The highest BCUT2D eigenvalue weighted by molar-refractivity contribution is 7.74. The van der Waals surface area contributed by atoms with Gasteiger partial charge in [-0.05, 0) is 30.9 Å². The molecule has 2 aromatic heterocycles. The Morgan fingerprint density at radius 2 is 2.08 bits per heavy atom. The number of anilines is 1. The highest BCUT2D eigenvalue weighted by atomic mass is 32.2. The fourth-order valence-corrected chi connectivity index (χ4v) is 5.10. The van der Waals surface area contributed by atoms with Crippen LogP contribution in [-0.2, 0) is 14.8 Å². The number of hydrogen-bond acceptors (Lipinski definition) is 7. The molecule has 25 heavy (non-hydrogen) atoms. The van der Waals surface area contributed by atoms with Crippen LogP contribution < -0.4 is 9.64 Å². The second kappa shape index (κ2) is 6.44. The first-order valence-corrected chi connectivity index (χ1v) is 9.93. The quantitative estimate of drug-likeness (QED) is 0.768. The maximum atomic E-state index is 11.4. The van der Waals surface area contributed by atoms with Crippen molar-refractivity contribution >= 4 is 27.2 Å². The highest BCUT2D eigenvalue weighted by Gasteiger charge is 2.51. The van der Waals surface area contributed by atoms with Gasteiger partial charge in [-0.3, -0.25) is 4.98 Å². The Bertz CT molecular complexity index is 865. The zero-order valence-corrected chi connectivity index (χ0v) is 15.5. The van der Waals surface area contributed by atoms with Gasteiger partial charge < -0.3 is 18.2 Å². The summed E-state index contributed by atoms with van der Waals surface area (Å²) in [7, 11) is 2.27. The number of pyridine rings is 2. The predicted octanol–water partition coefficient (Wildman–Crippen LogP) is 3.02. The van der Waals surface area contributed by atoms with Crippen LogP contribution in [0.5, 0.6) is 5.88 Å². The van der Waals surface area contributed by atoms with E-state index in [2.05, 4.69) is 25.3 Å². The predicted molar refractivity (Wildman–Crippen MR) is 99.3 cm³/mol. The SMILES string of the molecule is CN=[S-](=O)CCC1CC2(C1)CN(c1ccnc3c(OC)nccc13)C2. The first kappa shape index (κ1) is 16.6. The van der Waals surface area contributed by atoms with E-state index in [1.165, 1.54) is 18.5 Å². The molecule has 0 N–H and O–H groups in total. The molecule has 0 bridgehead atoms. The van der Waals surface area contributed by atoms with E-state index >= 15 is 0 Å². The zero-order valence-electron chi connectivity index (χ0n) is 14.6. The molecule has 134 valence electrons. The molecule has 2 aromatic rings. The van der Waals surface area contributed by atoms with Crippen molar-refractivity contribution in [3.8, 4) is 5.88 Å². The minimum Gasteiger partial charge on any atom is -0.479 e. The smallest absolute Gasteiger partial charge is 0.240 e. The van der Waals surface area contributed by atoms with Gasteiger partial charge in [0.1, 0.15) is 5.52 Å². The molecule has 2 fully saturated rings. The molecule has 4 rings (SSSR count). The Balaban J connectivity index is 1.42. The Kier molecular flexibility index (Phi) is 4.27. The van der Waals surface area contributed by atoms with Crippen molar-refractivity contribution < 1.29 is 8.95 Å². The van der Waals surface area contributed by atoms with Crippen LogP contribution in [0, 0.1) is 11.3 Å². The summed E-state index contributed by atoms with van der Waals surface area (Å²) < 4.78 is 20.6. The van der Waals surface area contributed by atoms with Crippen LogP contribution >= 0.6 is 0 Å². The largest absolute Gasteiger partial charge is 0.479 e. The van der Waals surface area contributed by atoms with Crippen LogP contribution in [0.4, 0.5) is 5.69 Å². The molecule has 1 saturated carbocycles. The number of hydrogen-bond donors (Lipinski definition) is 0. The van der Waals surface area contributed by atoms with Gasteiger partial charge in [0.25, 0.3) is 0 Å². The molecular formula is C18H23N4O2S-. The third kappa shape index (κ3) is 2.94. The van der Waals surface area contributed by atoms with E-state index in [1.807, 2.05) is 12.3 Å². The third-order valence-corrected chi connectivity index (χ3v) is 6.53. The monoisotopic (exact) mass is 359 g/mol. The van der Waals surface area contributed by atoms with E-state index in [0.29, 0.717) is 23.0 Å². The molecule has 0 atom stereocenters. The van der Waals surface area contributed by atoms with Gasteiger partial charge in [0.2, 0.25) is 5.88 Å². The average Bonchev–Trinajstić information content (AvgIpc) is 2.58. The van der Waals surface area contributed by atoms with Gasteiger partial charge in [0.05, 0.1) is 7.11 Å². The number of aromatic nitrogens is 2. The summed E-state index contributed by atoms with van der Waals surface area (Å²) in [6, 6.07) is 4.09. The van der Waals surface area contributed by atoms with Crippen LogP contribution in [0.2, 0.25) is 0 Å². The number of rotatable bonds is 5. The van der Waals surface area contributed by atoms with E-state index in [4.69, 9.17) is 4.74 Å². The summed E-state index contributed by atoms with van der Waals surface area (Å²) >= 11 is 0. The molecule has 1 aliphatic heterocycles. The summed E-state index contributed by atoms with van der Waals surface area (Å²) in [5, 5.41) is 1.10. The van der Waals surface area contributed by atoms with Gasteiger partial charge >= 0.3 is 0 Å². The first-order valence-electron chi connectivity index (χ1n) is 8.65. The van der Waals surface area contributed by atoms with E-state index < -0.39 is 10.6 Å². The first-order chi connectivity index (χ1) is 12.1. The molecule has 1 spiro atoms. The van der Waals surface area contributed by atoms with Gasteiger partial charge in [-0.2, -0.15) is 10.6 Å². The maximum absolute atomic E-state index is 11.4. The number of methoxy groups -OCH3 is 1. The maximum Gasteiger partial charge on any atom is 0.240 e. The molecule has 3 heterocycles. The van der Waals surface area contributed by atoms with Crippen LogP contribution in [0.25, 0.3) is 10.9 Å². The summed E-state index contributed by atoms with van der Waals surface area (Å²) in [4.78, 5) is 11.1. The van der Waals surface area contributed by atoms with E-state index in [-0.39, 0.29) is 0 Å². The number of nitrogens with zero attached hydrogens (tertiary/aromatic N) is 4. The second-order valence-electron chi connectivity index (χ2n) is 7.17. The Hall–Kier alpha value is -1.89. The fraction of sp³-hybridized carbons (Fsp3) is 0.556. The molecule has 7 heteroatoms. The lowest BCUT2D eigenvalue weighted by Crippen LogP contribution is -2.62. The standard InChI is InChI=1S/C18H23N4O2S/c1-19-25(23)8-5-13-9-18(10-13)11-22(12-18)15-4-7-20-16-14(15)3-6-21-17(16)24-2/h3-4,6-7,13H,5,8-12H2,1-2H3/q-1. The second-order valence-corrected chi connectivity index (χ2v) is 8.59. The van der Waals surface area contributed by atoms with Crippen molar-refractivity contribution in [2.45, 2.75) is 19.3 Å². The van der Waals surface area contributed by atoms with Gasteiger partial charge in [-0.15, -0.1) is 0 Å².